The molecule has 0 aliphatic carbocycles. The molecule has 0 amide bonds. The fourth-order valence-electron chi connectivity index (χ4n) is 2.01. The van der Waals surface area contributed by atoms with Crippen molar-refractivity contribution in [2.75, 3.05) is 18.0 Å². The van der Waals surface area contributed by atoms with Gasteiger partial charge in [-0.3, -0.25) is 0 Å². The molecule has 90 valence electrons. The lowest BCUT2D eigenvalue weighted by molar-refractivity contribution is -0.0300. The smallest absolute Gasteiger partial charge is 0.102 e. The highest BCUT2D eigenvalue weighted by atomic mass is 35.5. The monoisotopic (exact) mass is 250 g/mol. The Labute approximate surface area is 106 Å². The molecule has 4 heteroatoms. The van der Waals surface area contributed by atoms with Gasteiger partial charge in [-0.15, -0.1) is 0 Å². The van der Waals surface area contributed by atoms with E-state index in [1.165, 1.54) is 0 Å². The first-order valence-electron chi connectivity index (χ1n) is 5.63. The van der Waals surface area contributed by atoms with Crippen molar-refractivity contribution in [3.8, 4) is 6.07 Å². The van der Waals surface area contributed by atoms with Gasteiger partial charge in [0.2, 0.25) is 0 Å². The van der Waals surface area contributed by atoms with E-state index in [9.17, 15) is 5.11 Å². The number of aliphatic hydroxyl groups is 1. The van der Waals surface area contributed by atoms with Crippen LogP contribution in [-0.4, -0.2) is 23.8 Å². The Morgan fingerprint density at radius 3 is 2.65 bits per heavy atom. The average Bonchev–Trinajstić information content (AvgIpc) is 2.24. The van der Waals surface area contributed by atoms with E-state index in [1.54, 1.807) is 18.2 Å². The van der Waals surface area contributed by atoms with Gasteiger partial charge in [-0.1, -0.05) is 25.4 Å². The Morgan fingerprint density at radius 2 is 2.12 bits per heavy atom. The number of nitrogens with zero attached hydrogens (tertiary/aromatic N) is 2. The summed E-state index contributed by atoms with van der Waals surface area (Å²) in [5, 5.41) is 19.8. The molecule has 1 fully saturated rings. The van der Waals surface area contributed by atoms with Gasteiger partial charge in [0.15, 0.2) is 0 Å². The number of anilines is 1. The standard InChI is InChI=1S/C13H15ClN2O/c1-9(2)13(17)7-16(8-13)12-5-11(14)4-3-10(12)6-15/h3-5,9,17H,7-8H2,1-2H3. The second-order valence-electron chi connectivity index (χ2n) is 4.89. The summed E-state index contributed by atoms with van der Waals surface area (Å²) in [6.07, 6.45) is 0. The van der Waals surface area contributed by atoms with Crippen LogP contribution in [0.5, 0.6) is 0 Å². The summed E-state index contributed by atoms with van der Waals surface area (Å²) >= 11 is 5.93. The molecule has 1 aromatic rings. The van der Waals surface area contributed by atoms with Crippen molar-refractivity contribution in [3.63, 3.8) is 0 Å². The zero-order valence-electron chi connectivity index (χ0n) is 9.94. The molecule has 17 heavy (non-hydrogen) atoms. The third kappa shape index (κ3) is 2.11. The van der Waals surface area contributed by atoms with Gasteiger partial charge in [-0.05, 0) is 24.1 Å². The van der Waals surface area contributed by atoms with E-state index in [4.69, 9.17) is 16.9 Å². The average molecular weight is 251 g/mol. The van der Waals surface area contributed by atoms with Gasteiger partial charge in [0, 0.05) is 18.1 Å². The zero-order valence-corrected chi connectivity index (χ0v) is 10.7. The number of benzene rings is 1. The predicted octanol–water partition coefficient (Wildman–Crippen LogP) is 2.42. The SMILES string of the molecule is CC(C)C1(O)CN(c2cc(Cl)ccc2C#N)C1. The van der Waals surface area contributed by atoms with Crippen molar-refractivity contribution in [1.82, 2.24) is 0 Å². The number of β-amino-alcohol motifs (C(OH)–C–C–N with tert-alkyl or cyclic N) is 1. The molecule has 0 bridgehead atoms. The molecule has 0 aromatic heterocycles. The molecule has 0 atom stereocenters. The van der Waals surface area contributed by atoms with Crippen LogP contribution in [0.2, 0.25) is 5.02 Å². The summed E-state index contributed by atoms with van der Waals surface area (Å²) in [5.74, 6) is 0.212. The Balaban J connectivity index is 2.22. The molecule has 0 unspecified atom stereocenters. The molecular formula is C13H15ClN2O. The van der Waals surface area contributed by atoms with Crippen molar-refractivity contribution < 1.29 is 5.11 Å². The van der Waals surface area contributed by atoms with E-state index in [-0.39, 0.29) is 5.92 Å². The van der Waals surface area contributed by atoms with Crippen LogP contribution < -0.4 is 4.90 Å². The first-order valence-corrected chi connectivity index (χ1v) is 6.01. The van der Waals surface area contributed by atoms with Crippen LogP contribution in [-0.2, 0) is 0 Å². The Bertz CT molecular complexity index is 473. The summed E-state index contributed by atoms with van der Waals surface area (Å²) < 4.78 is 0. The predicted molar refractivity (Wildman–Crippen MR) is 68.2 cm³/mol. The van der Waals surface area contributed by atoms with Gasteiger partial charge in [0.25, 0.3) is 0 Å². The lowest BCUT2D eigenvalue weighted by Gasteiger charge is -2.50. The second kappa shape index (κ2) is 4.21. The number of hydrogen-bond donors (Lipinski definition) is 1. The Morgan fingerprint density at radius 1 is 1.47 bits per heavy atom. The van der Waals surface area contributed by atoms with Crippen molar-refractivity contribution in [2.24, 2.45) is 5.92 Å². The minimum absolute atomic E-state index is 0.212. The second-order valence-corrected chi connectivity index (χ2v) is 5.32. The Kier molecular flexibility index (Phi) is 3.03. The van der Waals surface area contributed by atoms with Gasteiger partial charge in [-0.2, -0.15) is 5.26 Å². The number of rotatable bonds is 2. The van der Waals surface area contributed by atoms with Gasteiger partial charge in [-0.25, -0.2) is 0 Å². The van der Waals surface area contributed by atoms with Crippen LogP contribution in [0.25, 0.3) is 0 Å². The van der Waals surface area contributed by atoms with Crippen LogP contribution in [0.1, 0.15) is 19.4 Å². The lowest BCUT2D eigenvalue weighted by Crippen LogP contribution is -2.64. The highest BCUT2D eigenvalue weighted by molar-refractivity contribution is 6.30. The van der Waals surface area contributed by atoms with Gasteiger partial charge >= 0.3 is 0 Å². The van der Waals surface area contributed by atoms with E-state index in [2.05, 4.69) is 6.07 Å². The van der Waals surface area contributed by atoms with E-state index >= 15 is 0 Å². The maximum absolute atomic E-state index is 10.2. The van der Waals surface area contributed by atoms with Crippen LogP contribution in [0, 0.1) is 17.2 Å². The molecule has 0 saturated carbocycles. The van der Waals surface area contributed by atoms with Crippen LogP contribution in [0.3, 0.4) is 0 Å². The van der Waals surface area contributed by atoms with Crippen LogP contribution in [0.4, 0.5) is 5.69 Å². The first kappa shape index (κ1) is 12.2. The molecule has 1 N–H and O–H groups in total. The molecule has 3 nitrogen and oxygen atoms in total. The molecule has 1 saturated heterocycles. The molecule has 2 rings (SSSR count). The first-order chi connectivity index (χ1) is 7.96. The molecular weight excluding hydrogens is 236 g/mol. The fourth-order valence-corrected chi connectivity index (χ4v) is 2.18. The van der Waals surface area contributed by atoms with Crippen molar-refractivity contribution >= 4 is 17.3 Å². The normalized spacial score (nSPS) is 17.8. The molecule has 1 aliphatic rings. The Hall–Kier alpha value is -1.24. The summed E-state index contributed by atoms with van der Waals surface area (Å²) in [5.41, 5.74) is 0.764. The van der Waals surface area contributed by atoms with E-state index in [1.807, 2.05) is 18.7 Å². The molecule has 0 spiro atoms. The summed E-state index contributed by atoms with van der Waals surface area (Å²) in [4.78, 5) is 1.99. The van der Waals surface area contributed by atoms with E-state index in [0.29, 0.717) is 23.7 Å². The largest absolute Gasteiger partial charge is 0.386 e. The van der Waals surface area contributed by atoms with E-state index < -0.39 is 5.60 Å². The zero-order chi connectivity index (χ0) is 12.6. The molecule has 1 aromatic carbocycles. The van der Waals surface area contributed by atoms with E-state index in [0.717, 1.165) is 5.69 Å². The third-order valence-electron chi connectivity index (χ3n) is 3.42. The van der Waals surface area contributed by atoms with Gasteiger partial charge in [0.05, 0.1) is 11.3 Å². The highest BCUT2D eigenvalue weighted by Crippen LogP contribution is 2.35. The summed E-state index contributed by atoms with van der Waals surface area (Å²) in [6.45, 7) is 5.11. The van der Waals surface area contributed by atoms with Crippen LogP contribution in [0.15, 0.2) is 18.2 Å². The lowest BCUT2D eigenvalue weighted by atomic mass is 9.82. The topological polar surface area (TPSA) is 47.3 Å². The summed E-state index contributed by atoms with van der Waals surface area (Å²) in [7, 11) is 0. The van der Waals surface area contributed by atoms with Crippen molar-refractivity contribution in [3.05, 3.63) is 28.8 Å². The minimum atomic E-state index is -0.644. The van der Waals surface area contributed by atoms with Crippen LogP contribution >= 0.6 is 11.6 Å². The van der Waals surface area contributed by atoms with Gasteiger partial charge in [0.1, 0.15) is 11.7 Å². The maximum Gasteiger partial charge on any atom is 0.102 e. The third-order valence-corrected chi connectivity index (χ3v) is 3.66. The highest BCUT2D eigenvalue weighted by Gasteiger charge is 2.44. The van der Waals surface area contributed by atoms with Crippen molar-refractivity contribution in [1.29, 1.82) is 5.26 Å². The minimum Gasteiger partial charge on any atom is -0.386 e. The maximum atomic E-state index is 10.2. The summed E-state index contributed by atoms with van der Waals surface area (Å²) in [6, 6.07) is 7.34. The molecule has 1 aliphatic heterocycles. The molecule has 0 radical (unpaired) electrons. The van der Waals surface area contributed by atoms with Gasteiger partial charge < -0.3 is 10.0 Å². The number of nitriles is 1. The van der Waals surface area contributed by atoms with Crippen molar-refractivity contribution in [2.45, 2.75) is 19.4 Å². The fraction of sp³-hybridized carbons (Fsp3) is 0.462. The molecule has 1 heterocycles. The number of halogens is 1. The quantitative estimate of drug-likeness (QED) is 0.877. The number of hydrogen-bond acceptors (Lipinski definition) is 3.